The molecule has 0 spiro atoms. The first-order valence-electron chi connectivity index (χ1n) is 10.1. The number of nitrogens with zero attached hydrogens (tertiary/aromatic N) is 2. The molecule has 4 rings (SSSR count). The lowest BCUT2D eigenvalue weighted by Gasteiger charge is -2.09. The number of esters is 2. The quantitative estimate of drug-likeness (QED) is 0.163. The van der Waals surface area contributed by atoms with E-state index in [9.17, 15) is 14.4 Å². The Hall–Kier alpha value is -5.13. The molecule has 0 saturated heterocycles. The topological polar surface area (TPSA) is 156 Å². The molecule has 178 valence electrons. The number of carbonyl (C=O) groups excluding carboxylic acids is 3. The summed E-state index contributed by atoms with van der Waals surface area (Å²) >= 11 is 0. The fourth-order valence-corrected chi connectivity index (χ4v) is 2.65. The molecule has 12 nitrogen and oxygen atoms in total. The van der Waals surface area contributed by atoms with Crippen molar-refractivity contribution in [3.05, 3.63) is 84.2 Å². The second-order valence-corrected chi connectivity index (χ2v) is 6.55. The van der Waals surface area contributed by atoms with Crippen LogP contribution in [0.25, 0.3) is 0 Å². The number of amides is 1. The van der Waals surface area contributed by atoms with Crippen molar-refractivity contribution in [3.63, 3.8) is 0 Å². The van der Waals surface area contributed by atoms with Gasteiger partial charge >= 0.3 is 23.8 Å². The van der Waals surface area contributed by atoms with Crippen LogP contribution in [0, 0.1) is 0 Å². The van der Waals surface area contributed by atoms with E-state index in [4.69, 9.17) is 27.5 Å². The van der Waals surface area contributed by atoms with E-state index in [1.807, 2.05) is 0 Å². The van der Waals surface area contributed by atoms with Crippen molar-refractivity contribution in [2.24, 2.45) is 5.10 Å². The normalized spacial score (nSPS) is 10.8. The van der Waals surface area contributed by atoms with Crippen LogP contribution in [0.3, 0.4) is 0 Å². The largest absolute Gasteiger partial charge is 0.464 e. The third-order valence-corrected chi connectivity index (χ3v) is 4.18. The molecule has 0 unspecified atom stereocenters. The number of oxazole rings is 1. The van der Waals surface area contributed by atoms with Crippen LogP contribution in [0.4, 0.5) is 0 Å². The summed E-state index contributed by atoms with van der Waals surface area (Å²) < 4.78 is 30.9. The number of hydrogen-bond acceptors (Lipinski definition) is 11. The third kappa shape index (κ3) is 5.82. The Kier molecular flexibility index (Phi) is 7.02. The second-order valence-electron chi connectivity index (χ2n) is 6.55. The molecule has 0 bridgehead atoms. The van der Waals surface area contributed by atoms with Crippen LogP contribution in [-0.2, 0) is 0 Å². The number of carbonyl (C=O) groups is 3. The first-order valence-corrected chi connectivity index (χ1v) is 10.1. The van der Waals surface area contributed by atoms with Gasteiger partial charge in [-0.2, -0.15) is 5.10 Å². The Morgan fingerprint density at radius 2 is 1.74 bits per heavy atom. The molecule has 1 amide bonds. The van der Waals surface area contributed by atoms with Gasteiger partial charge in [-0.15, -0.1) is 0 Å². The smallest absolute Gasteiger partial charge is 0.379 e. The third-order valence-electron chi connectivity index (χ3n) is 4.18. The van der Waals surface area contributed by atoms with Gasteiger partial charge in [-0.05, 0) is 43.3 Å². The van der Waals surface area contributed by atoms with Crippen LogP contribution in [-0.4, -0.2) is 35.7 Å². The average Bonchev–Trinajstić information content (AvgIpc) is 3.63. The molecule has 0 aliphatic rings. The molecular formula is C23H17N3O9. The zero-order chi connectivity index (χ0) is 24.6. The van der Waals surface area contributed by atoms with Crippen molar-refractivity contribution in [2.45, 2.75) is 6.92 Å². The van der Waals surface area contributed by atoms with E-state index in [1.54, 1.807) is 6.92 Å². The maximum Gasteiger partial charge on any atom is 0.379 e. The Labute approximate surface area is 197 Å². The van der Waals surface area contributed by atoms with E-state index in [1.165, 1.54) is 67.4 Å². The Morgan fingerprint density at radius 1 is 1.03 bits per heavy atom. The Morgan fingerprint density at radius 3 is 2.40 bits per heavy atom. The molecule has 1 aromatic carbocycles. The molecule has 1 N–H and O–H groups in total. The average molecular weight is 479 g/mol. The minimum absolute atomic E-state index is 0.00786. The van der Waals surface area contributed by atoms with Gasteiger partial charge in [0.05, 0.1) is 25.3 Å². The van der Waals surface area contributed by atoms with E-state index < -0.39 is 17.8 Å². The molecular weight excluding hydrogens is 462 g/mol. The van der Waals surface area contributed by atoms with Crippen LogP contribution in [0.5, 0.6) is 17.4 Å². The Bertz CT molecular complexity index is 1340. The number of hydrogen-bond donors (Lipinski definition) is 1. The maximum atomic E-state index is 12.4. The summed E-state index contributed by atoms with van der Waals surface area (Å²) in [6.07, 6.45) is 5.12. The van der Waals surface area contributed by atoms with Gasteiger partial charge in [0.1, 0.15) is 17.7 Å². The highest BCUT2D eigenvalue weighted by Gasteiger charge is 2.18. The van der Waals surface area contributed by atoms with Gasteiger partial charge in [0.2, 0.25) is 11.5 Å². The molecule has 0 aliphatic heterocycles. The molecule has 4 aromatic rings. The van der Waals surface area contributed by atoms with Gasteiger partial charge in [0.15, 0.2) is 0 Å². The fraction of sp³-hybridized carbons (Fsp3) is 0.0870. The first-order chi connectivity index (χ1) is 17.0. The predicted octanol–water partition coefficient (Wildman–Crippen LogP) is 3.46. The lowest BCUT2D eigenvalue weighted by atomic mass is 10.2. The molecule has 35 heavy (non-hydrogen) atoms. The summed E-state index contributed by atoms with van der Waals surface area (Å²) in [6, 6.07) is 10.1. The molecule has 12 heteroatoms. The van der Waals surface area contributed by atoms with Gasteiger partial charge in [-0.3, -0.25) is 4.79 Å². The zero-order valence-corrected chi connectivity index (χ0v) is 18.1. The molecule has 0 radical (unpaired) electrons. The van der Waals surface area contributed by atoms with E-state index in [0.717, 1.165) is 0 Å². The van der Waals surface area contributed by atoms with Crippen molar-refractivity contribution >= 4 is 24.1 Å². The SMILES string of the molecule is CCOc1cnc(C(=O)N/N=C/c2ccc(OC(=O)c3ccco3)cc2OC(=O)c2ccco2)o1. The van der Waals surface area contributed by atoms with Crippen molar-refractivity contribution in [3.8, 4) is 17.4 Å². The van der Waals surface area contributed by atoms with Crippen molar-refractivity contribution in [1.29, 1.82) is 0 Å². The number of rotatable bonds is 9. The Balaban J connectivity index is 1.51. The highest BCUT2D eigenvalue weighted by molar-refractivity contribution is 5.93. The summed E-state index contributed by atoms with van der Waals surface area (Å²) in [7, 11) is 0. The monoisotopic (exact) mass is 479 g/mol. The highest BCUT2D eigenvalue weighted by Crippen LogP contribution is 2.26. The lowest BCUT2D eigenvalue weighted by Crippen LogP contribution is -2.18. The first kappa shape index (κ1) is 23.0. The van der Waals surface area contributed by atoms with Gasteiger partial charge in [0, 0.05) is 11.6 Å². The van der Waals surface area contributed by atoms with Crippen LogP contribution in [0.15, 0.2) is 79.5 Å². The number of benzene rings is 1. The molecule has 0 aliphatic carbocycles. The molecule has 0 fully saturated rings. The summed E-state index contributed by atoms with van der Waals surface area (Å²) in [4.78, 5) is 40.5. The number of ether oxygens (including phenoxy) is 3. The minimum Gasteiger partial charge on any atom is -0.464 e. The van der Waals surface area contributed by atoms with Crippen LogP contribution in [0.2, 0.25) is 0 Å². The predicted molar refractivity (Wildman–Crippen MR) is 117 cm³/mol. The van der Waals surface area contributed by atoms with E-state index in [0.29, 0.717) is 6.61 Å². The fourth-order valence-electron chi connectivity index (χ4n) is 2.65. The van der Waals surface area contributed by atoms with E-state index in [-0.39, 0.29) is 40.4 Å². The summed E-state index contributed by atoms with van der Waals surface area (Å²) in [5.74, 6) is -2.45. The second kappa shape index (κ2) is 10.7. The van der Waals surface area contributed by atoms with Crippen LogP contribution >= 0.6 is 0 Å². The standard InChI is InChI=1S/C23H17N3O9/c1-2-30-19-13-24-21(35-19)20(27)26-25-12-14-7-8-15(33-22(28)16-5-3-9-31-16)11-18(14)34-23(29)17-6-4-10-32-17/h3-13H,2H2,1H3,(H,26,27)/b25-12+. The highest BCUT2D eigenvalue weighted by atomic mass is 16.6. The van der Waals surface area contributed by atoms with Gasteiger partial charge in [0.25, 0.3) is 5.89 Å². The minimum atomic E-state index is -0.800. The molecule has 0 saturated carbocycles. The van der Waals surface area contributed by atoms with E-state index in [2.05, 4.69) is 15.5 Å². The lowest BCUT2D eigenvalue weighted by molar-refractivity contribution is 0.0697. The van der Waals surface area contributed by atoms with E-state index >= 15 is 0 Å². The number of furan rings is 2. The number of aromatic nitrogens is 1. The van der Waals surface area contributed by atoms with Crippen molar-refractivity contribution in [2.75, 3.05) is 6.61 Å². The summed E-state index contributed by atoms with van der Waals surface area (Å²) in [5, 5.41) is 3.83. The molecule has 3 aromatic heterocycles. The molecule has 3 heterocycles. The van der Waals surface area contributed by atoms with Gasteiger partial charge < -0.3 is 27.5 Å². The van der Waals surface area contributed by atoms with Gasteiger partial charge in [-0.25, -0.2) is 20.0 Å². The van der Waals surface area contributed by atoms with Gasteiger partial charge in [-0.1, -0.05) is 0 Å². The molecule has 0 atom stereocenters. The van der Waals surface area contributed by atoms with Crippen LogP contribution in [0.1, 0.15) is 44.3 Å². The van der Waals surface area contributed by atoms with Crippen molar-refractivity contribution < 1.29 is 41.8 Å². The number of nitrogens with one attached hydrogen (secondary N) is 1. The zero-order valence-electron chi connectivity index (χ0n) is 18.1. The summed E-state index contributed by atoms with van der Waals surface area (Å²) in [5.41, 5.74) is 2.51. The maximum absolute atomic E-state index is 12.4. The summed E-state index contributed by atoms with van der Waals surface area (Å²) in [6.45, 7) is 2.10. The number of hydrazone groups is 1. The van der Waals surface area contributed by atoms with Crippen LogP contribution < -0.4 is 19.6 Å². The van der Waals surface area contributed by atoms with Crippen molar-refractivity contribution in [1.82, 2.24) is 10.4 Å².